The van der Waals surface area contributed by atoms with Crippen molar-refractivity contribution in [1.29, 1.82) is 0 Å². The number of alkyl halides is 3. The Bertz CT molecular complexity index is 1670. The van der Waals surface area contributed by atoms with Gasteiger partial charge >= 0.3 is 12.1 Å². The average Bonchev–Trinajstić information content (AvgIpc) is 3.27. The number of carbonyl (C=O) groups excluding carboxylic acids is 2. The maximum absolute atomic E-state index is 14.3. The van der Waals surface area contributed by atoms with E-state index < -0.39 is 40.3 Å². The van der Waals surface area contributed by atoms with Gasteiger partial charge in [0.05, 0.1) is 21.2 Å². The molecular formula is C32H33BrClF4N3O4. The van der Waals surface area contributed by atoms with Gasteiger partial charge in [0.2, 0.25) is 0 Å². The van der Waals surface area contributed by atoms with Gasteiger partial charge in [0, 0.05) is 31.1 Å². The van der Waals surface area contributed by atoms with Crippen LogP contribution < -0.4 is 4.74 Å². The Morgan fingerprint density at radius 3 is 2.24 bits per heavy atom. The van der Waals surface area contributed by atoms with Crippen LogP contribution in [0.2, 0.25) is 5.02 Å². The number of aryl methyl sites for hydroxylation is 1. The highest BCUT2D eigenvalue weighted by Crippen LogP contribution is 2.41. The van der Waals surface area contributed by atoms with E-state index in [9.17, 15) is 27.2 Å². The third-order valence-corrected chi connectivity index (χ3v) is 7.67. The number of benzene rings is 3. The van der Waals surface area contributed by atoms with E-state index in [1.54, 1.807) is 18.7 Å². The maximum atomic E-state index is 14.3. The molecule has 1 heterocycles. The van der Waals surface area contributed by atoms with Crippen molar-refractivity contribution in [2.45, 2.75) is 53.0 Å². The predicted octanol–water partition coefficient (Wildman–Crippen LogP) is 8.70. The number of ether oxygens (including phenoxy) is 2. The highest BCUT2D eigenvalue weighted by molar-refractivity contribution is 9.10. The van der Waals surface area contributed by atoms with Crippen LogP contribution in [-0.4, -0.2) is 51.9 Å². The van der Waals surface area contributed by atoms with Crippen molar-refractivity contribution in [2.24, 2.45) is 7.05 Å². The van der Waals surface area contributed by atoms with Gasteiger partial charge in [0.25, 0.3) is 5.91 Å². The first-order valence-electron chi connectivity index (χ1n) is 14.0. The van der Waals surface area contributed by atoms with E-state index in [1.807, 2.05) is 63.2 Å². The van der Waals surface area contributed by atoms with Crippen LogP contribution in [0, 0.1) is 5.82 Å². The van der Waals surface area contributed by atoms with E-state index in [-0.39, 0.29) is 27.8 Å². The molecule has 4 aromatic rings. The van der Waals surface area contributed by atoms with E-state index >= 15 is 0 Å². The fourth-order valence-electron chi connectivity index (χ4n) is 4.47. The first-order chi connectivity index (χ1) is 21.1. The second-order valence-corrected chi connectivity index (χ2v) is 11.3. The van der Waals surface area contributed by atoms with Gasteiger partial charge < -0.3 is 14.4 Å². The van der Waals surface area contributed by atoms with Crippen molar-refractivity contribution in [3.05, 3.63) is 81.2 Å². The van der Waals surface area contributed by atoms with E-state index in [0.29, 0.717) is 17.8 Å². The lowest BCUT2D eigenvalue weighted by atomic mass is 10.1. The van der Waals surface area contributed by atoms with Gasteiger partial charge in [0.15, 0.2) is 11.8 Å². The molecule has 0 fully saturated rings. The Hall–Kier alpha value is -3.64. The van der Waals surface area contributed by atoms with Crippen molar-refractivity contribution >= 4 is 50.2 Å². The summed E-state index contributed by atoms with van der Waals surface area (Å²) in [5.74, 6) is -0.943. The van der Waals surface area contributed by atoms with Crippen molar-refractivity contribution < 1.29 is 36.6 Å². The standard InChI is InChI=1S/C17H21NO2.C15H12BrClF4N2O2/c1-4-18(5-2)17(19)13(3)20-16-12-8-10-14-9-6-7-11-15(14)16;1-6(2)25-14(24)7-4-8(10(18)5-9(7)17)12-11(16)13(15(19,20)21)23(3)22-12/h6-13H,4-5H2,1-3H3;4-6H,1-3H3. The lowest BCUT2D eigenvalue weighted by Gasteiger charge is -2.23. The molecule has 7 nitrogen and oxygen atoms in total. The number of carbonyl (C=O) groups is 2. The summed E-state index contributed by atoms with van der Waals surface area (Å²) in [5.41, 5.74) is -1.86. The van der Waals surface area contributed by atoms with E-state index in [1.165, 1.54) is 0 Å². The summed E-state index contributed by atoms with van der Waals surface area (Å²) in [6.07, 6.45) is -5.61. The summed E-state index contributed by atoms with van der Waals surface area (Å²) < 4.78 is 64.5. The lowest BCUT2D eigenvalue weighted by Crippen LogP contribution is -2.40. The van der Waals surface area contributed by atoms with Gasteiger partial charge in [-0.3, -0.25) is 9.48 Å². The minimum absolute atomic E-state index is 0.0305. The Labute approximate surface area is 272 Å². The van der Waals surface area contributed by atoms with E-state index in [2.05, 4.69) is 21.0 Å². The number of amides is 1. The zero-order valence-corrected chi connectivity index (χ0v) is 27.8. The zero-order chi connectivity index (χ0) is 33.6. The molecule has 242 valence electrons. The molecule has 0 aliphatic heterocycles. The Morgan fingerprint density at radius 1 is 1.04 bits per heavy atom. The van der Waals surface area contributed by atoms with Crippen molar-refractivity contribution in [2.75, 3.05) is 13.1 Å². The molecule has 13 heteroatoms. The predicted molar refractivity (Wildman–Crippen MR) is 169 cm³/mol. The zero-order valence-electron chi connectivity index (χ0n) is 25.5. The Morgan fingerprint density at radius 2 is 1.67 bits per heavy atom. The van der Waals surface area contributed by atoms with Crippen molar-refractivity contribution in [3.8, 4) is 17.0 Å². The van der Waals surface area contributed by atoms with Crippen LogP contribution in [0.1, 0.15) is 50.7 Å². The molecule has 1 aromatic heterocycles. The summed E-state index contributed by atoms with van der Waals surface area (Å²) >= 11 is 8.67. The van der Waals surface area contributed by atoms with Gasteiger partial charge in [-0.1, -0.05) is 48.0 Å². The van der Waals surface area contributed by atoms with Crippen LogP contribution in [0.5, 0.6) is 5.75 Å². The third kappa shape index (κ3) is 8.55. The second-order valence-electron chi connectivity index (χ2n) is 10.1. The normalized spacial score (nSPS) is 12.0. The molecule has 1 amide bonds. The summed E-state index contributed by atoms with van der Waals surface area (Å²) in [5, 5.41) is 5.65. The molecule has 0 aliphatic carbocycles. The Kier molecular flexibility index (Phi) is 12.0. The van der Waals surface area contributed by atoms with Crippen molar-refractivity contribution in [1.82, 2.24) is 14.7 Å². The third-order valence-electron chi connectivity index (χ3n) is 6.61. The molecule has 1 unspecified atom stereocenters. The highest BCUT2D eigenvalue weighted by Gasteiger charge is 2.39. The van der Waals surface area contributed by atoms with Crippen LogP contribution in [0.25, 0.3) is 22.0 Å². The SMILES string of the molecule is CC(C)OC(=O)c1cc(-c2nn(C)c(C(F)(F)F)c2Br)c(F)cc1Cl.CCN(CC)C(=O)C(C)Oc1cccc2ccccc12. The number of halogens is 6. The number of hydrogen-bond acceptors (Lipinski definition) is 5. The molecule has 0 bridgehead atoms. The smallest absolute Gasteiger partial charge is 0.434 e. The van der Waals surface area contributed by atoms with Crippen LogP contribution in [-0.2, 0) is 22.8 Å². The van der Waals surface area contributed by atoms with Gasteiger partial charge in [-0.25, -0.2) is 9.18 Å². The number of aromatic nitrogens is 2. The van der Waals surface area contributed by atoms with Gasteiger partial charge in [0.1, 0.15) is 17.3 Å². The fraction of sp³-hybridized carbons (Fsp3) is 0.344. The number of rotatable bonds is 8. The summed E-state index contributed by atoms with van der Waals surface area (Å²) in [7, 11) is 1.08. The molecule has 0 spiro atoms. The number of likely N-dealkylation sites (N-methyl/N-ethyl adjacent to an activating group) is 1. The second kappa shape index (κ2) is 15.1. The van der Waals surface area contributed by atoms with Crippen LogP contribution >= 0.6 is 27.5 Å². The quantitative estimate of drug-likeness (QED) is 0.135. The molecule has 0 saturated carbocycles. The number of hydrogen-bond donors (Lipinski definition) is 0. The fourth-order valence-corrected chi connectivity index (χ4v) is 5.48. The number of esters is 1. The molecule has 1 atom stereocenters. The minimum Gasteiger partial charge on any atom is -0.480 e. The number of nitrogens with zero attached hydrogens (tertiary/aromatic N) is 3. The first-order valence-corrected chi connectivity index (χ1v) is 15.2. The molecule has 4 rings (SSSR count). The lowest BCUT2D eigenvalue weighted by molar-refractivity contribution is -0.144. The van der Waals surface area contributed by atoms with Crippen LogP contribution in [0.3, 0.4) is 0 Å². The van der Waals surface area contributed by atoms with Crippen LogP contribution in [0.15, 0.2) is 59.1 Å². The molecule has 0 N–H and O–H groups in total. The maximum Gasteiger partial charge on any atom is 0.434 e. The van der Waals surface area contributed by atoms with E-state index in [4.69, 9.17) is 21.1 Å². The van der Waals surface area contributed by atoms with Gasteiger partial charge in [-0.2, -0.15) is 18.3 Å². The first kappa shape index (κ1) is 35.8. The summed E-state index contributed by atoms with van der Waals surface area (Å²) in [4.78, 5) is 26.1. The molecule has 45 heavy (non-hydrogen) atoms. The van der Waals surface area contributed by atoms with Crippen molar-refractivity contribution in [3.63, 3.8) is 0 Å². The summed E-state index contributed by atoms with van der Waals surface area (Å²) in [6, 6.07) is 15.8. The molecule has 0 saturated heterocycles. The minimum atomic E-state index is -4.69. The molecule has 0 radical (unpaired) electrons. The van der Waals surface area contributed by atoms with Crippen LogP contribution in [0.4, 0.5) is 17.6 Å². The molecule has 3 aromatic carbocycles. The Balaban J connectivity index is 0.000000251. The van der Waals surface area contributed by atoms with Gasteiger partial charge in [-0.15, -0.1) is 0 Å². The topological polar surface area (TPSA) is 73.7 Å². The summed E-state index contributed by atoms with van der Waals surface area (Å²) in [6.45, 7) is 10.4. The monoisotopic (exact) mass is 713 g/mol. The largest absolute Gasteiger partial charge is 0.480 e. The number of fused-ring (bicyclic) bond motifs is 1. The molecule has 0 aliphatic rings. The average molecular weight is 715 g/mol. The highest BCUT2D eigenvalue weighted by atomic mass is 79.9. The van der Waals surface area contributed by atoms with Gasteiger partial charge in [-0.05, 0) is 74.1 Å². The molecular weight excluding hydrogens is 682 g/mol. The van der Waals surface area contributed by atoms with E-state index in [0.717, 1.165) is 35.7 Å².